The van der Waals surface area contributed by atoms with Crippen LogP contribution < -0.4 is 5.32 Å². The second kappa shape index (κ2) is 7.33. The van der Waals surface area contributed by atoms with E-state index in [0.29, 0.717) is 0 Å². The number of phenols is 2. The average molecular weight is 313 g/mol. The van der Waals surface area contributed by atoms with Gasteiger partial charge in [0.05, 0.1) is 6.10 Å². The number of aliphatic hydroxyl groups is 2. The van der Waals surface area contributed by atoms with Gasteiger partial charge < -0.3 is 30.5 Å². The molecule has 2 atom stereocenters. The Labute approximate surface area is 129 Å². The second-order valence-electron chi connectivity index (χ2n) is 5.98. The van der Waals surface area contributed by atoms with Crippen molar-refractivity contribution < 1.29 is 30.0 Å². The van der Waals surface area contributed by atoms with Crippen LogP contribution in [0.4, 0.5) is 4.79 Å². The van der Waals surface area contributed by atoms with Gasteiger partial charge in [0.2, 0.25) is 0 Å². The molecule has 0 aliphatic heterocycles. The quantitative estimate of drug-likeness (QED) is 0.524. The minimum absolute atomic E-state index is 0.0993. The topological polar surface area (TPSA) is 119 Å². The number of rotatable bonds is 5. The molecule has 7 heteroatoms. The van der Waals surface area contributed by atoms with Gasteiger partial charge in [-0.15, -0.1) is 0 Å². The largest absolute Gasteiger partial charge is 0.504 e. The van der Waals surface area contributed by atoms with Gasteiger partial charge in [0.15, 0.2) is 11.5 Å². The number of benzene rings is 1. The third kappa shape index (κ3) is 5.79. The molecule has 1 aromatic carbocycles. The monoisotopic (exact) mass is 313 g/mol. The summed E-state index contributed by atoms with van der Waals surface area (Å²) in [5.74, 6) is -0.687. The molecule has 124 valence electrons. The van der Waals surface area contributed by atoms with E-state index in [1.54, 1.807) is 20.8 Å². The molecule has 1 amide bonds. The molecular formula is C15H23NO6. The van der Waals surface area contributed by atoms with Crippen LogP contribution in [0.5, 0.6) is 11.5 Å². The van der Waals surface area contributed by atoms with Gasteiger partial charge in [-0.3, -0.25) is 0 Å². The molecule has 1 aromatic rings. The molecule has 2 unspecified atom stereocenters. The Morgan fingerprint density at radius 1 is 1.23 bits per heavy atom. The van der Waals surface area contributed by atoms with E-state index in [0.717, 1.165) is 0 Å². The fourth-order valence-corrected chi connectivity index (χ4v) is 1.74. The molecule has 0 aromatic heterocycles. The lowest BCUT2D eigenvalue weighted by Crippen LogP contribution is -2.34. The first-order chi connectivity index (χ1) is 10.1. The Hall–Kier alpha value is -1.99. The summed E-state index contributed by atoms with van der Waals surface area (Å²) in [4.78, 5) is 11.4. The number of aromatic hydroxyl groups is 2. The summed E-state index contributed by atoms with van der Waals surface area (Å²) in [6.45, 7) is 5.34. The Kier molecular flexibility index (Phi) is 6.01. The number of hydrogen-bond donors (Lipinski definition) is 5. The molecule has 0 heterocycles. The molecule has 0 saturated carbocycles. The zero-order chi connectivity index (χ0) is 16.9. The Balaban J connectivity index is 2.46. The lowest BCUT2D eigenvalue weighted by molar-refractivity contribution is 0.0122. The number of phenolic OH excluding ortho intramolecular Hbond substituents is 2. The number of carbonyl (C=O) groups excluding carboxylic acids is 1. The summed E-state index contributed by atoms with van der Waals surface area (Å²) in [5.41, 5.74) is -0.341. The lowest BCUT2D eigenvalue weighted by Gasteiger charge is -2.21. The molecular weight excluding hydrogens is 290 g/mol. The van der Waals surface area contributed by atoms with Crippen molar-refractivity contribution in [2.45, 2.75) is 45.0 Å². The van der Waals surface area contributed by atoms with Gasteiger partial charge in [-0.1, -0.05) is 6.07 Å². The van der Waals surface area contributed by atoms with Crippen LogP contribution in [0.3, 0.4) is 0 Å². The molecule has 0 aliphatic carbocycles. The van der Waals surface area contributed by atoms with E-state index >= 15 is 0 Å². The Morgan fingerprint density at radius 3 is 2.41 bits per heavy atom. The molecule has 0 fully saturated rings. The maximum atomic E-state index is 11.4. The molecule has 0 aliphatic rings. The number of carbonyl (C=O) groups is 1. The fraction of sp³-hybridized carbons (Fsp3) is 0.533. The predicted molar refractivity (Wildman–Crippen MR) is 79.6 cm³/mol. The van der Waals surface area contributed by atoms with Gasteiger partial charge in [0.25, 0.3) is 0 Å². The van der Waals surface area contributed by atoms with E-state index in [1.165, 1.54) is 18.2 Å². The van der Waals surface area contributed by atoms with E-state index in [1.807, 2.05) is 0 Å². The second-order valence-corrected chi connectivity index (χ2v) is 5.98. The van der Waals surface area contributed by atoms with Gasteiger partial charge in [-0.2, -0.15) is 0 Å². The summed E-state index contributed by atoms with van der Waals surface area (Å²) < 4.78 is 5.04. The SMILES string of the molecule is CC(C)(C)OC(=O)NCCC(O)C(O)c1ccc(O)c(O)c1. The zero-order valence-corrected chi connectivity index (χ0v) is 12.9. The van der Waals surface area contributed by atoms with Gasteiger partial charge in [-0.25, -0.2) is 4.79 Å². The van der Waals surface area contributed by atoms with Crippen molar-refractivity contribution in [2.24, 2.45) is 0 Å². The van der Waals surface area contributed by atoms with Crippen molar-refractivity contribution >= 4 is 6.09 Å². The molecule has 22 heavy (non-hydrogen) atoms. The highest BCUT2D eigenvalue weighted by Crippen LogP contribution is 2.29. The Morgan fingerprint density at radius 2 is 1.86 bits per heavy atom. The van der Waals surface area contributed by atoms with Gasteiger partial charge in [-0.05, 0) is 44.9 Å². The minimum atomic E-state index is -1.24. The predicted octanol–water partition coefficient (Wildman–Crippen LogP) is 1.41. The molecule has 0 spiro atoms. The number of aliphatic hydroxyl groups excluding tert-OH is 2. The van der Waals surface area contributed by atoms with E-state index in [9.17, 15) is 25.2 Å². The summed E-state index contributed by atoms with van der Waals surface area (Å²) in [6.07, 6.45) is -2.88. The molecule has 5 N–H and O–H groups in total. The lowest BCUT2D eigenvalue weighted by atomic mass is 10.0. The van der Waals surface area contributed by atoms with E-state index in [-0.39, 0.29) is 30.0 Å². The van der Waals surface area contributed by atoms with Crippen LogP contribution in [-0.4, -0.2) is 44.8 Å². The third-order valence-corrected chi connectivity index (χ3v) is 2.81. The van der Waals surface area contributed by atoms with Crippen LogP contribution in [0.15, 0.2) is 18.2 Å². The first-order valence-corrected chi connectivity index (χ1v) is 6.95. The zero-order valence-electron chi connectivity index (χ0n) is 12.9. The van der Waals surface area contributed by atoms with Crippen molar-refractivity contribution in [3.05, 3.63) is 23.8 Å². The maximum absolute atomic E-state index is 11.4. The molecule has 1 rings (SSSR count). The van der Waals surface area contributed by atoms with E-state index < -0.39 is 23.9 Å². The van der Waals surface area contributed by atoms with Gasteiger partial charge in [0, 0.05) is 6.54 Å². The summed E-state index contributed by atoms with van der Waals surface area (Å²) in [5, 5.41) is 40.9. The standard InChI is InChI=1S/C15H23NO6/c1-15(2,3)22-14(21)16-7-6-11(18)13(20)9-4-5-10(17)12(19)8-9/h4-5,8,11,13,17-20H,6-7H2,1-3H3,(H,16,21). The van der Waals surface area contributed by atoms with Gasteiger partial charge in [0.1, 0.15) is 11.7 Å². The normalized spacial score (nSPS) is 14.2. The number of ether oxygens (including phenoxy) is 1. The number of nitrogens with one attached hydrogen (secondary N) is 1. The van der Waals surface area contributed by atoms with Crippen molar-refractivity contribution in [2.75, 3.05) is 6.54 Å². The van der Waals surface area contributed by atoms with Gasteiger partial charge >= 0.3 is 6.09 Å². The Bertz CT molecular complexity index is 511. The third-order valence-electron chi connectivity index (χ3n) is 2.81. The number of amides is 1. The minimum Gasteiger partial charge on any atom is -0.504 e. The van der Waals surface area contributed by atoms with Crippen LogP contribution in [0.2, 0.25) is 0 Å². The van der Waals surface area contributed by atoms with E-state index in [4.69, 9.17) is 4.74 Å². The van der Waals surface area contributed by atoms with Crippen molar-refractivity contribution in [1.82, 2.24) is 5.32 Å². The smallest absolute Gasteiger partial charge is 0.407 e. The fourth-order valence-electron chi connectivity index (χ4n) is 1.74. The summed E-state index contributed by atoms with van der Waals surface area (Å²) in [7, 11) is 0. The van der Waals surface area contributed by atoms with Crippen molar-refractivity contribution in [3.63, 3.8) is 0 Å². The highest BCUT2D eigenvalue weighted by molar-refractivity contribution is 5.67. The van der Waals surface area contributed by atoms with E-state index in [2.05, 4.69) is 5.32 Å². The van der Waals surface area contributed by atoms with Crippen LogP contribution >= 0.6 is 0 Å². The highest BCUT2D eigenvalue weighted by atomic mass is 16.6. The highest BCUT2D eigenvalue weighted by Gasteiger charge is 2.20. The van der Waals surface area contributed by atoms with Crippen LogP contribution in [-0.2, 0) is 4.74 Å². The van der Waals surface area contributed by atoms with Crippen LogP contribution in [0.1, 0.15) is 38.9 Å². The molecule has 7 nitrogen and oxygen atoms in total. The average Bonchev–Trinajstić information content (AvgIpc) is 2.38. The van der Waals surface area contributed by atoms with Crippen LogP contribution in [0.25, 0.3) is 0 Å². The first kappa shape index (κ1) is 18.1. The maximum Gasteiger partial charge on any atom is 0.407 e. The summed E-state index contributed by atoms with van der Waals surface area (Å²) >= 11 is 0. The van der Waals surface area contributed by atoms with Crippen LogP contribution in [0, 0.1) is 0 Å². The molecule has 0 bridgehead atoms. The van der Waals surface area contributed by atoms with Crippen molar-refractivity contribution in [3.8, 4) is 11.5 Å². The molecule has 0 saturated heterocycles. The number of alkyl carbamates (subject to hydrolysis) is 1. The number of hydrogen-bond acceptors (Lipinski definition) is 6. The molecule has 0 radical (unpaired) electrons. The van der Waals surface area contributed by atoms with Crippen molar-refractivity contribution in [1.29, 1.82) is 0 Å². The summed E-state index contributed by atoms with van der Waals surface area (Å²) in [6, 6.07) is 3.79. The first-order valence-electron chi connectivity index (χ1n) is 6.95.